The number of carbonyl (C=O) groups is 1. The number of hydrogen-bond donors (Lipinski definition) is 1. The van der Waals surface area contributed by atoms with Crippen LogP contribution in [0, 0.1) is 46.8 Å². The van der Waals surface area contributed by atoms with Crippen molar-refractivity contribution in [3.63, 3.8) is 0 Å². The summed E-state index contributed by atoms with van der Waals surface area (Å²) in [5.74, 6) is 3.14. The number of allylic oxidation sites excluding steroid dienone is 2. The predicted octanol–water partition coefficient (Wildman–Crippen LogP) is 3.19. The van der Waals surface area contributed by atoms with E-state index in [9.17, 15) is 9.90 Å². The minimum Gasteiger partial charge on any atom is -0.481 e. The second-order valence-electron chi connectivity index (χ2n) is 7.59. The molecule has 0 aromatic rings. The summed E-state index contributed by atoms with van der Waals surface area (Å²) in [5, 5.41) is 9.52. The molecule has 8 unspecified atom stereocenters. The quantitative estimate of drug-likeness (QED) is 0.570. The maximum absolute atomic E-state index is 11.5. The molecule has 2 heteroatoms. The van der Waals surface area contributed by atoms with Gasteiger partial charge < -0.3 is 5.11 Å². The lowest BCUT2D eigenvalue weighted by atomic mass is 9.61. The number of carboxylic acid groups (broad SMARTS) is 1. The fourth-order valence-corrected chi connectivity index (χ4v) is 6.64. The molecule has 0 aliphatic heterocycles. The number of aliphatic carboxylic acids is 1. The van der Waals surface area contributed by atoms with Crippen LogP contribution in [0.5, 0.6) is 0 Å². The number of hydrogen-bond acceptors (Lipinski definition) is 1. The van der Waals surface area contributed by atoms with Crippen LogP contribution >= 0.6 is 0 Å². The molecule has 0 heterocycles. The summed E-state index contributed by atoms with van der Waals surface area (Å²) in [6, 6.07) is 0. The molecule has 4 rings (SSSR count). The van der Waals surface area contributed by atoms with Gasteiger partial charge in [-0.15, -0.1) is 0 Å². The molecule has 4 bridgehead atoms. The van der Waals surface area contributed by atoms with E-state index < -0.39 is 5.97 Å². The average molecular weight is 246 g/mol. The lowest BCUT2D eigenvalue weighted by Crippen LogP contribution is -2.42. The first-order chi connectivity index (χ1) is 8.44. The summed E-state index contributed by atoms with van der Waals surface area (Å²) in [7, 11) is 0. The Balaban J connectivity index is 1.78. The van der Waals surface area contributed by atoms with Crippen molar-refractivity contribution in [2.24, 2.45) is 46.8 Å². The summed E-state index contributed by atoms with van der Waals surface area (Å²) in [6.07, 6.45) is 4.95. The van der Waals surface area contributed by atoms with Gasteiger partial charge in [-0.1, -0.05) is 25.5 Å². The molecule has 2 nitrogen and oxygen atoms in total. The second-order valence-corrected chi connectivity index (χ2v) is 7.59. The van der Waals surface area contributed by atoms with Gasteiger partial charge >= 0.3 is 5.97 Å². The van der Waals surface area contributed by atoms with Gasteiger partial charge in [-0.2, -0.15) is 0 Å². The van der Waals surface area contributed by atoms with Crippen LogP contribution in [-0.4, -0.2) is 11.1 Å². The zero-order valence-corrected chi connectivity index (χ0v) is 11.4. The fourth-order valence-electron chi connectivity index (χ4n) is 6.64. The van der Waals surface area contributed by atoms with Crippen molar-refractivity contribution < 1.29 is 9.90 Å². The second kappa shape index (κ2) is 3.02. The van der Waals surface area contributed by atoms with E-state index in [4.69, 9.17) is 0 Å². The van der Waals surface area contributed by atoms with Crippen LogP contribution in [0.2, 0.25) is 0 Å². The van der Waals surface area contributed by atoms with Crippen molar-refractivity contribution in [2.45, 2.75) is 33.6 Å². The molecule has 8 atom stereocenters. The number of rotatable bonds is 1. The van der Waals surface area contributed by atoms with Gasteiger partial charge in [0.15, 0.2) is 0 Å². The van der Waals surface area contributed by atoms with Crippen LogP contribution in [0.15, 0.2) is 11.6 Å². The Morgan fingerprint density at radius 1 is 1.44 bits per heavy atom. The van der Waals surface area contributed by atoms with Crippen molar-refractivity contribution in [1.29, 1.82) is 0 Å². The molecule has 0 radical (unpaired) electrons. The van der Waals surface area contributed by atoms with E-state index in [0.717, 1.165) is 11.8 Å². The van der Waals surface area contributed by atoms with Crippen LogP contribution in [-0.2, 0) is 4.79 Å². The monoisotopic (exact) mass is 246 g/mol. The Kier molecular flexibility index (Phi) is 1.86. The van der Waals surface area contributed by atoms with Crippen LogP contribution in [0.1, 0.15) is 33.6 Å². The zero-order chi connectivity index (χ0) is 12.8. The van der Waals surface area contributed by atoms with Crippen molar-refractivity contribution in [2.75, 3.05) is 0 Å². The zero-order valence-electron chi connectivity index (χ0n) is 11.4. The van der Waals surface area contributed by atoms with E-state index in [1.807, 2.05) is 0 Å². The third-order valence-electron chi connectivity index (χ3n) is 6.93. The molecule has 18 heavy (non-hydrogen) atoms. The molecule has 0 amide bonds. The third-order valence-corrected chi connectivity index (χ3v) is 6.93. The van der Waals surface area contributed by atoms with Gasteiger partial charge in [-0.05, 0) is 60.7 Å². The van der Waals surface area contributed by atoms with E-state index in [2.05, 4.69) is 26.8 Å². The SMILES string of the molecule is CC1=CC2(C)CC1C1C3CC(C(C(=O)O)C3C)C12. The highest BCUT2D eigenvalue weighted by Gasteiger charge is 2.69. The Hall–Kier alpha value is -0.790. The molecule has 3 fully saturated rings. The molecule has 0 aromatic heterocycles. The van der Waals surface area contributed by atoms with Crippen LogP contribution in [0.25, 0.3) is 0 Å². The first-order valence-corrected chi connectivity index (χ1v) is 7.36. The highest BCUT2D eigenvalue weighted by molar-refractivity contribution is 5.72. The van der Waals surface area contributed by atoms with Crippen molar-refractivity contribution >= 4 is 5.97 Å². The third kappa shape index (κ3) is 1.01. The molecule has 0 spiro atoms. The predicted molar refractivity (Wildman–Crippen MR) is 68.8 cm³/mol. The molecule has 0 aromatic carbocycles. The molecule has 3 saturated carbocycles. The highest BCUT2D eigenvalue weighted by Crippen LogP contribution is 2.73. The molecular formula is C16H22O2. The van der Waals surface area contributed by atoms with Gasteiger partial charge in [0.2, 0.25) is 0 Å². The summed E-state index contributed by atoms with van der Waals surface area (Å²) in [5.41, 5.74) is 1.90. The van der Waals surface area contributed by atoms with Crippen LogP contribution < -0.4 is 0 Å². The molecule has 0 saturated heterocycles. The maximum atomic E-state index is 11.5. The smallest absolute Gasteiger partial charge is 0.307 e. The minimum atomic E-state index is -0.541. The van der Waals surface area contributed by atoms with E-state index in [1.165, 1.54) is 12.8 Å². The van der Waals surface area contributed by atoms with Gasteiger partial charge in [0, 0.05) is 0 Å². The summed E-state index contributed by atoms with van der Waals surface area (Å²) >= 11 is 0. The lowest BCUT2D eigenvalue weighted by Gasteiger charge is -2.43. The lowest BCUT2D eigenvalue weighted by molar-refractivity contribution is -0.147. The van der Waals surface area contributed by atoms with E-state index in [-0.39, 0.29) is 5.92 Å². The first-order valence-electron chi connectivity index (χ1n) is 7.36. The van der Waals surface area contributed by atoms with E-state index in [0.29, 0.717) is 29.1 Å². The van der Waals surface area contributed by atoms with Crippen LogP contribution in [0.4, 0.5) is 0 Å². The molecule has 4 aliphatic carbocycles. The van der Waals surface area contributed by atoms with Crippen LogP contribution in [0.3, 0.4) is 0 Å². The van der Waals surface area contributed by atoms with Gasteiger partial charge in [0.05, 0.1) is 5.92 Å². The van der Waals surface area contributed by atoms with Crippen molar-refractivity contribution in [3.8, 4) is 0 Å². The Morgan fingerprint density at radius 2 is 2.17 bits per heavy atom. The average Bonchev–Trinajstić information content (AvgIpc) is 2.91. The molecule has 1 N–H and O–H groups in total. The van der Waals surface area contributed by atoms with Crippen molar-refractivity contribution in [1.82, 2.24) is 0 Å². The van der Waals surface area contributed by atoms with Gasteiger partial charge in [-0.3, -0.25) is 4.79 Å². The van der Waals surface area contributed by atoms with Gasteiger partial charge in [0.25, 0.3) is 0 Å². The van der Waals surface area contributed by atoms with Gasteiger partial charge in [-0.25, -0.2) is 0 Å². The summed E-state index contributed by atoms with van der Waals surface area (Å²) in [4.78, 5) is 11.5. The molecule has 98 valence electrons. The molecular weight excluding hydrogens is 224 g/mol. The molecule has 4 aliphatic rings. The normalized spacial score (nSPS) is 59.9. The number of fused-ring (bicyclic) bond motifs is 9. The standard InChI is InChI=1S/C16H22O2/c1-7-5-16(3)6-11(7)13-9-4-10(14(13)16)12(8(9)2)15(17)18/h5,8-14H,4,6H2,1-3H3,(H,17,18). The first kappa shape index (κ1) is 11.1. The van der Waals surface area contributed by atoms with Crippen molar-refractivity contribution in [3.05, 3.63) is 11.6 Å². The van der Waals surface area contributed by atoms with Gasteiger partial charge in [0.1, 0.15) is 0 Å². The van der Waals surface area contributed by atoms with E-state index in [1.54, 1.807) is 5.57 Å². The summed E-state index contributed by atoms with van der Waals surface area (Å²) in [6.45, 7) is 6.86. The highest BCUT2D eigenvalue weighted by atomic mass is 16.4. The summed E-state index contributed by atoms with van der Waals surface area (Å²) < 4.78 is 0. The Labute approximate surface area is 108 Å². The van der Waals surface area contributed by atoms with E-state index >= 15 is 0 Å². The Morgan fingerprint density at radius 3 is 2.83 bits per heavy atom. The minimum absolute atomic E-state index is 0.0684. The topological polar surface area (TPSA) is 37.3 Å². The Bertz CT molecular complexity index is 466. The largest absolute Gasteiger partial charge is 0.481 e. The number of carboxylic acids is 1. The fraction of sp³-hybridized carbons (Fsp3) is 0.812. The maximum Gasteiger partial charge on any atom is 0.307 e.